The van der Waals surface area contributed by atoms with Gasteiger partial charge in [-0.1, -0.05) is 27.7 Å². The number of carbonyl (C=O) groups is 3. The van der Waals surface area contributed by atoms with Crippen molar-refractivity contribution in [2.75, 3.05) is 0 Å². The Morgan fingerprint density at radius 3 is 1.81 bits per heavy atom. The number of benzene rings is 1. The number of hydrogen-bond donors (Lipinski definition) is 5. The fourth-order valence-corrected chi connectivity index (χ4v) is 3.62. The van der Waals surface area contributed by atoms with Crippen LogP contribution in [0.2, 0.25) is 0 Å². The summed E-state index contributed by atoms with van der Waals surface area (Å²) in [5, 5.41) is 53.3. The van der Waals surface area contributed by atoms with Gasteiger partial charge in [-0.15, -0.1) is 0 Å². The normalized spacial score (nSPS) is 16.3. The van der Waals surface area contributed by atoms with Crippen molar-refractivity contribution in [3.05, 3.63) is 39.4 Å². The van der Waals surface area contributed by atoms with Crippen LogP contribution in [0, 0.1) is 24.2 Å². The van der Waals surface area contributed by atoms with Crippen molar-refractivity contribution >= 4 is 17.3 Å². The Kier molecular flexibility index (Phi) is 6.50. The summed E-state index contributed by atoms with van der Waals surface area (Å²) in [5.41, 5.74) is -2.95. The molecule has 0 bridgehead atoms. The highest BCUT2D eigenvalue weighted by Crippen LogP contribution is 2.46. The molecule has 8 nitrogen and oxygen atoms in total. The first kappa shape index (κ1) is 25.0. The molecule has 0 spiro atoms. The number of hydrogen-bond acceptors (Lipinski definition) is 8. The lowest BCUT2D eigenvalue weighted by Gasteiger charge is -2.31. The maximum absolute atomic E-state index is 12.9. The number of phenols is 3. The lowest BCUT2D eigenvalue weighted by molar-refractivity contribution is -0.128. The molecule has 0 heterocycles. The third-order valence-electron chi connectivity index (χ3n) is 5.85. The largest absolute Gasteiger partial charge is 0.511 e. The van der Waals surface area contributed by atoms with Gasteiger partial charge in [0.25, 0.3) is 0 Å². The average molecular weight is 446 g/mol. The Morgan fingerprint density at radius 1 is 0.844 bits per heavy atom. The van der Waals surface area contributed by atoms with Crippen molar-refractivity contribution < 1.29 is 39.9 Å². The zero-order valence-corrected chi connectivity index (χ0v) is 19.3. The molecular formula is C24H30O8. The Hall–Kier alpha value is -3.29. The minimum Gasteiger partial charge on any atom is -0.511 e. The van der Waals surface area contributed by atoms with Crippen molar-refractivity contribution in [2.45, 2.75) is 54.9 Å². The maximum Gasteiger partial charge on any atom is 0.183 e. The highest BCUT2D eigenvalue weighted by molar-refractivity contribution is 6.24. The number of aromatic hydroxyl groups is 3. The summed E-state index contributed by atoms with van der Waals surface area (Å²) in [6.07, 6.45) is -0.500. The molecule has 1 aromatic rings. The van der Waals surface area contributed by atoms with Crippen molar-refractivity contribution in [3.63, 3.8) is 0 Å². The molecular weight excluding hydrogens is 416 g/mol. The van der Waals surface area contributed by atoms with Gasteiger partial charge in [-0.3, -0.25) is 14.4 Å². The summed E-state index contributed by atoms with van der Waals surface area (Å²) in [6.45, 7) is 10.4. The van der Waals surface area contributed by atoms with Crippen LogP contribution < -0.4 is 0 Å². The van der Waals surface area contributed by atoms with Gasteiger partial charge in [0.1, 0.15) is 39.9 Å². The lowest BCUT2D eigenvalue weighted by Crippen LogP contribution is -2.37. The summed E-state index contributed by atoms with van der Waals surface area (Å²) in [4.78, 5) is 38.1. The molecule has 174 valence electrons. The maximum atomic E-state index is 12.9. The van der Waals surface area contributed by atoms with Gasteiger partial charge in [0.05, 0.1) is 5.41 Å². The van der Waals surface area contributed by atoms with E-state index in [1.54, 1.807) is 27.7 Å². The van der Waals surface area contributed by atoms with Crippen LogP contribution in [0.5, 0.6) is 17.2 Å². The number of Topliss-reactive ketones (excluding diaryl/α,β-unsaturated/α-hetero) is 3. The molecule has 1 aromatic carbocycles. The average Bonchev–Trinajstić information content (AvgIpc) is 2.70. The second kappa shape index (κ2) is 8.33. The number of aliphatic hydroxyl groups excluding tert-OH is 2. The van der Waals surface area contributed by atoms with Crippen molar-refractivity contribution in [1.29, 1.82) is 0 Å². The van der Waals surface area contributed by atoms with Crippen LogP contribution in [0.15, 0.2) is 22.7 Å². The number of rotatable bonds is 6. The summed E-state index contributed by atoms with van der Waals surface area (Å²) in [5.74, 6) is -6.21. The second-order valence-electron chi connectivity index (χ2n) is 9.24. The SMILES string of the molecule is Cc1c(O)c(CC2=C(O)C(C)(C)C(=O)C(C(=O)C(C)C)=C2O)c(O)c(C(=O)C(C)C)c1O. The van der Waals surface area contributed by atoms with E-state index in [0.29, 0.717) is 0 Å². The van der Waals surface area contributed by atoms with Gasteiger partial charge < -0.3 is 25.5 Å². The third kappa shape index (κ3) is 3.74. The molecule has 0 aromatic heterocycles. The first-order valence-corrected chi connectivity index (χ1v) is 10.3. The molecule has 1 aliphatic rings. The Bertz CT molecular complexity index is 1080. The predicted molar refractivity (Wildman–Crippen MR) is 117 cm³/mol. The molecule has 0 saturated carbocycles. The van der Waals surface area contributed by atoms with E-state index in [-0.39, 0.29) is 16.7 Å². The standard InChI is InChI=1S/C24H30O8/c1-9(2)16(25)14-19(28)11(5)18(27)12(20(14)29)8-13-21(30)15(17(26)10(3)4)23(32)24(6,7)22(13)31/h9-10,27-31H,8H2,1-7H3. The monoisotopic (exact) mass is 446 g/mol. The summed E-state index contributed by atoms with van der Waals surface area (Å²) in [7, 11) is 0. The molecule has 32 heavy (non-hydrogen) atoms. The van der Waals surface area contributed by atoms with Crippen LogP contribution in [0.25, 0.3) is 0 Å². The van der Waals surface area contributed by atoms with E-state index in [0.717, 1.165) is 0 Å². The first-order valence-electron chi connectivity index (χ1n) is 10.3. The molecule has 0 amide bonds. The van der Waals surface area contributed by atoms with Gasteiger partial charge in [-0.25, -0.2) is 0 Å². The smallest absolute Gasteiger partial charge is 0.183 e. The van der Waals surface area contributed by atoms with E-state index in [4.69, 9.17) is 0 Å². The van der Waals surface area contributed by atoms with Crippen LogP contribution in [0.3, 0.4) is 0 Å². The Morgan fingerprint density at radius 2 is 1.34 bits per heavy atom. The minimum absolute atomic E-state index is 0.0741. The summed E-state index contributed by atoms with van der Waals surface area (Å²) < 4.78 is 0. The zero-order valence-electron chi connectivity index (χ0n) is 19.3. The molecule has 0 unspecified atom stereocenters. The van der Waals surface area contributed by atoms with E-state index < -0.39 is 80.9 Å². The number of ketones is 3. The van der Waals surface area contributed by atoms with Gasteiger partial charge in [0, 0.05) is 35.0 Å². The van der Waals surface area contributed by atoms with Crippen molar-refractivity contribution in [3.8, 4) is 17.2 Å². The molecule has 5 N–H and O–H groups in total. The number of carbonyl (C=O) groups excluding carboxylic acids is 3. The van der Waals surface area contributed by atoms with E-state index >= 15 is 0 Å². The predicted octanol–water partition coefficient (Wildman–Crippen LogP) is 3.95. The fraction of sp³-hybridized carbons (Fsp3) is 0.458. The highest BCUT2D eigenvalue weighted by atomic mass is 16.3. The van der Waals surface area contributed by atoms with Crippen LogP contribution in [0.4, 0.5) is 0 Å². The molecule has 8 heteroatoms. The highest BCUT2D eigenvalue weighted by Gasteiger charge is 2.46. The quantitative estimate of drug-likeness (QED) is 0.325. The topological polar surface area (TPSA) is 152 Å². The second-order valence-corrected chi connectivity index (χ2v) is 9.24. The summed E-state index contributed by atoms with van der Waals surface area (Å²) >= 11 is 0. The first-order chi connectivity index (χ1) is 14.6. The Labute approximate surface area is 186 Å². The van der Waals surface area contributed by atoms with Gasteiger partial charge in [0.2, 0.25) is 0 Å². The number of allylic oxidation sites excluding steroid dienone is 3. The van der Waals surface area contributed by atoms with Crippen molar-refractivity contribution in [2.24, 2.45) is 17.3 Å². The van der Waals surface area contributed by atoms with Crippen LogP contribution in [0.1, 0.15) is 63.0 Å². The van der Waals surface area contributed by atoms with Gasteiger partial charge in [0.15, 0.2) is 17.3 Å². The zero-order chi connectivity index (χ0) is 24.9. The van der Waals surface area contributed by atoms with E-state index in [9.17, 15) is 39.9 Å². The third-order valence-corrected chi connectivity index (χ3v) is 5.85. The van der Waals surface area contributed by atoms with Crippen molar-refractivity contribution in [1.82, 2.24) is 0 Å². The molecule has 2 rings (SSSR count). The minimum atomic E-state index is -1.55. The van der Waals surface area contributed by atoms with E-state index in [2.05, 4.69) is 0 Å². The van der Waals surface area contributed by atoms with Gasteiger partial charge in [-0.2, -0.15) is 0 Å². The molecule has 0 fully saturated rings. The molecule has 0 radical (unpaired) electrons. The van der Waals surface area contributed by atoms with Crippen LogP contribution >= 0.6 is 0 Å². The molecule has 0 atom stereocenters. The van der Waals surface area contributed by atoms with Gasteiger partial charge in [-0.05, 0) is 20.8 Å². The van der Waals surface area contributed by atoms with Crippen LogP contribution in [-0.4, -0.2) is 42.9 Å². The molecule has 0 saturated heterocycles. The molecule has 0 aliphatic heterocycles. The van der Waals surface area contributed by atoms with Gasteiger partial charge >= 0.3 is 0 Å². The van der Waals surface area contributed by atoms with E-state index in [1.807, 2.05) is 0 Å². The summed E-state index contributed by atoms with van der Waals surface area (Å²) in [6, 6.07) is 0. The number of aliphatic hydroxyl groups is 2. The Balaban J connectivity index is 2.82. The lowest BCUT2D eigenvalue weighted by atomic mass is 9.72. The molecule has 1 aliphatic carbocycles. The van der Waals surface area contributed by atoms with E-state index in [1.165, 1.54) is 20.8 Å². The van der Waals surface area contributed by atoms with Crippen LogP contribution in [-0.2, 0) is 16.0 Å². The number of phenolic OH excluding ortho intramolecular Hbond substituents is 3. The fourth-order valence-electron chi connectivity index (χ4n) is 3.62.